The zero-order valence-electron chi connectivity index (χ0n) is 15.0. The minimum Gasteiger partial charge on any atom is -0.505 e. The Kier molecular flexibility index (Phi) is 3.77. The number of phenols is 1. The predicted molar refractivity (Wildman–Crippen MR) is 100 cm³/mol. The summed E-state index contributed by atoms with van der Waals surface area (Å²) in [6, 6.07) is 8.42. The summed E-state index contributed by atoms with van der Waals surface area (Å²) in [6.45, 7) is 5.21. The number of hydrogen-bond acceptors (Lipinski definition) is 5. The van der Waals surface area contributed by atoms with E-state index < -0.39 is 22.8 Å². The van der Waals surface area contributed by atoms with Gasteiger partial charge in [0, 0.05) is 23.6 Å². The van der Waals surface area contributed by atoms with E-state index in [0.717, 1.165) is 5.56 Å². The van der Waals surface area contributed by atoms with Gasteiger partial charge in [-0.25, -0.2) is 0 Å². The quantitative estimate of drug-likeness (QED) is 0.695. The molecule has 4 rings (SSSR count). The third kappa shape index (κ3) is 2.32. The van der Waals surface area contributed by atoms with Crippen LogP contribution in [0.4, 0.5) is 0 Å². The van der Waals surface area contributed by atoms with Crippen LogP contribution in [0.25, 0.3) is 0 Å². The van der Waals surface area contributed by atoms with Crippen molar-refractivity contribution in [3.05, 3.63) is 57.1 Å². The number of aliphatic hydroxyl groups is 1. The number of phenolic OH excluding ortho intramolecular Hbond substituents is 1. The maximum absolute atomic E-state index is 13.4. The van der Waals surface area contributed by atoms with Crippen LogP contribution in [0.1, 0.15) is 37.5 Å². The lowest BCUT2D eigenvalue weighted by Gasteiger charge is -2.35. The standard InChI is InChI=1S/C20H18Cl2O5/c1-18(2,3)27-17(24)19-9-10-6-4-5-7-11(10)20(19,25)26-13-8-12(21)16(23)15(22)14(13)19/h4-8,23,25H,9H2,1-3H3. The number of aromatic hydroxyl groups is 1. The highest BCUT2D eigenvalue weighted by atomic mass is 35.5. The van der Waals surface area contributed by atoms with Gasteiger partial charge in [-0.1, -0.05) is 47.5 Å². The lowest BCUT2D eigenvalue weighted by Crippen LogP contribution is -2.53. The van der Waals surface area contributed by atoms with Gasteiger partial charge >= 0.3 is 5.97 Å². The van der Waals surface area contributed by atoms with E-state index in [4.69, 9.17) is 32.7 Å². The van der Waals surface area contributed by atoms with Crippen LogP contribution in [0.3, 0.4) is 0 Å². The molecule has 1 aliphatic heterocycles. The van der Waals surface area contributed by atoms with Crippen molar-refractivity contribution in [1.82, 2.24) is 0 Å². The predicted octanol–water partition coefficient (Wildman–Crippen LogP) is 4.07. The topological polar surface area (TPSA) is 76.0 Å². The van der Waals surface area contributed by atoms with Gasteiger partial charge in [-0.2, -0.15) is 0 Å². The first-order chi connectivity index (χ1) is 12.5. The molecule has 0 aromatic heterocycles. The normalized spacial score (nSPS) is 25.4. The van der Waals surface area contributed by atoms with Gasteiger partial charge in [0.2, 0.25) is 0 Å². The molecule has 27 heavy (non-hydrogen) atoms. The molecule has 142 valence electrons. The van der Waals surface area contributed by atoms with E-state index in [2.05, 4.69) is 0 Å². The van der Waals surface area contributed by atoms with Crippen molar-refractivity contribution >= 4 is 29.2 Å². The Morgan fingerprint density at radius 3 is 2.59 bits per heavy atom. The average molecular weight is 409 g/mol. The third-order valence-electron chi connectivity index (χ3n) is 5.01. The second kappa shape index (κ2) is 5.53. The second-order valence-corrected chi connectivity index (χ2v) is 8.67. The molecule has 5 nitrogen and oxygen atoms in total. The smallest absolute Gasteiger partial charge is 0.324 e. The summed E-state index contributed by atoms with van der Waals surface area (Å²) in [4.78, 5) is 13.4. The van der Waals surface area contributed by atoms with Gasteiger partial charge in [0.1, 0.15) is 11.4 Å². The van der Waals surface area contributed by atoms with Crippen molar-refractivity contribution in [2.45, 2.75) is 44.0 Å². The van der Waals surface area contributed by atoms with Crippen molar-refractivity contribution in [1.29, 1.82) is 0 Å². The van der Waals surface area contributed by atoms with Gasteiger partial charge in [0.25, 0.3) is 5.79 Å². The minimum absolute atomic E-state index is 0.0325. The van der Waals surface area contributed by atoms with E-state index in [-0.39, 0.29) is 33.5 Å². The van der Waals surface area contributed by atoms with Gasteiger partial charge in [-0.15, -0.1) is 0 Å². The van der Waals surface area contributed by atoms with Gasteiger partial charge in [-0.05, 0) is 26.3 Å². The fourth-order valence-corrected chi connectivity index (χ4v) is 4.54. The van der Waals surface area contributed by atoms with E-state index in [1.54, 1.807) is 32.9 Å². The molecule has 0 amide bonds. The van der Waals surface area contributed by atoms with Gasteiger partial charge in [-0.3, -0.25) is 4.79 Å². The maximum Gasteiger partial charge on any atom is 0.324 e. The van der Waals surface area contributed by atoms with Crippen LogP contribution in [-0.2, 0) is 27.2 Å². The fraction of sp³-hybridized carbons (Fsp3) is 0.350. The number of carbonyl (C=O) groups excluding carboxylic acids is 1. The molecule has 0 saturated heterocycles. The summed E-state index contributed by atoms with van der Waals surface area (Å²) in [5.74, 6) is -2.93. The summed E-state index contributed by atoms with van der Waals surface area (Å²) in [5.41, 5.74) is -1.08. The van der Waals surface area contributed by atoms with Crippen LogP contribution in [0, 0.1) is 0 Å². The molecular weight excluding hydrogens is 391 g/mol. The number of benzene rings is 2. The Balaban J connectivity index is 2.03. The molecule has 2 aliphatic rings. The molecule has 0 saturated carbocycles. The minimum atomic E-state index is -2.02. The monoisotopic (exact) mass is 408 g/mol. The van der Waals surface area contributed by atoms with Crippen LogP contribution in [0.2, 0.25) is 10.0 Å². The molecule has 0 spiro atoms. The van der Waals surface area contributed by atoms with E-state index in [1.807, 2.05) is 12.1 Å². The van der Waals surface area contributed by atoms with E-state index in [0.29, 0.717) is 5.56 Å². The maximum atomic E-state index is 13.4. The number of rotatable bonds is 1. The molecule has 1 heterocycles. The first kappa shape index (κ1) is 18.4. The molecule has 2 N–H and O–H groups in total. The third-order valence-corrected chi connectivity index (χ3v) is 5.66. The molecule has 2 atom stereocenters. The highest BCUT2D eigenvalue weighted by molar-refractivity contribution is 6.38. The molecule has 7 heteroatoms. The SMILES string of the molecule is CC(C)(C)OC(=O)C12Cc3ccccc3C1(O)Oc1cc(Cl)c(O)c(Cl)c12. The molecule has 0 radical (unpaired) electrons. The van der Waals surface area contributed by atoms with Crippen molar-refractivity contribution in [3.8, 4) is 11.5 Å². The summed E-state index contributed by atoms with van der Waals surface area (Å²) in [5, 5.41) is 21.7. The van der Waals surface area contributed by atoms with E-state index >= 15 is 0 Å². The number of fused-ring (bicyclic) bond motifs is 5. The van der Waals surface area contributed by atoms with Crippen LogP contribution in [0.5, 0.6) is 11.5 Å². The van der Waals surface area contributed by atoms with Gasteiger partial charge in [0.15, 0.2) is 11.2 Å². The number of hydrogen-bond donors (Lipinski definition) is 2. The van der Waals surface area contributed by atoms with Crippen molar-refractivity contribution in [2.24, 2.45) is 0 Å². The molecular formula is C20H18Cl2O5. The zero-order chi connectivity index (χ0) is 19.8. The molecule has 0 bridgehead atoms. The molecule has 0 fully saturated rings. The van der Waals surface area contributed by atoms with Gasteiger partial charge < -0.3 is 19.7 Å². The summed E-state index contributed by atoms with van der Waals surface area (Å²) >= 11 is 12.4. The number of halogens is 2. The number of esters is 1. The first-order valence-corrected chi connectivity index (χ1v) is 9.21. The van der Waals surface area contributed by atoms with Crippen LogP contribution in [0.15, 0.2) is 30.3 Å². The Labute approximate surface area is 166 Å². The number of carbonyl (C=O) groups is 1. The largest absolute Gasteiger partial charge is 0.505 e. The Bertz CT molecular complexity index is 981. The van der Waals surface area contributed by atoms with Crippen LogP contribution >= 0.6 is 23.2 Å². The zero-order valence-corrected chi connectivity index (χ0v) is 16.5. The highest BCUT2D eigenvalue weighted by Crippen LogP contribution is 2.63. The lowest BCUT2D eigenvalue weighted by atomic mass is 9.74. The average Bonchev–Trinajstić information content (AvgIpc) is 2.96. The first-order valence-electron chi connectivity index (χ1n) is 8.46. The highest BCUT2D eigenvalue weighted by Gasteiger charge is 2.71. The Morgan fingerprint density at radius 2 is 1.93 bits per heavy atom. The number of ether oxygens (including phenoxy) is 2. The van der Waals surface area contributed by atoms with Gasteiger partial charge in [0.05, 0.1) is 10.0 Å². The molecule has 2 unspecified atom stereocenters. The Morgan fingerprint density at radius 1 is 1.26 bits per heavy atom. The van der Waals surface area contributed by atoms with E-state index in [1.165, 1.54) is 6.07 Å². The molecule has 2 aromatic rings. The summed E-state index contributed by atoms with van der Waals surface area (Å²) in [6.07, 6.45) is 0.113. The van der Waals surface area contributed by atoms with Crippen LogP contribution in [-0.4, -0.2) is 21.8 Å². The molecule has 1 aliphatic carbocycles. The van der Waals surface area contributed by atoms with Crippen molar-refractivity contribution in [2.75, 3.05) is 0 Å². The van der Waals surface area contributed by atoms with Crippen molar-refractivity contribution in [3.63, 3.8) is 0 Å². The summed E-state index contributed by atoms with van der Waals surface area (Å²) < 4.78 is 11.5. The Hall–Kier alpha value is -1.95. The molecule has 2 aromatic carbocycles. The van der Waals surface area contributed by atoms with E-state index in [9.17, 15) is 15.0 Å². The second-order valence-electron chi connectivity index (χ2n) is 7.88. The van der Waals surface area contributed by atoms with Crippen LogP contribution < -0.4 is 4.74 Å². The summed E-state index contributed by atoms with van der Waals surface area (Å²) in [7, 11) is 0. The van der Waals surface area contributed by atoms with Crippen molar-refractivity contribution < 1.29 is 24.5 Å². The fourth-order valence-electron chi connectivity index (χ4n) is 3.94. The lowest BCUT2D eigenvalue weighted by molar-refractivity contribution is -0.204.